The van der Waals surface area contributed by atoms with Crippen LogP contribution in [0.2, 0.25) is 5.02 Å². The highest BCUT2D eigenvalue weighted by Crippen LogP contribution is 2.09. The average molecular weight is 211 g/mol. The lowest BCUT2D eigenvalue weighted by Crippen LogP contribution is -2.17. The number of hydrogen-bond donors (Lipinski definition) is 1. The Morgan fingerprint density at radius 2 is 2.14 bits per heavy atom. The van der Waals surface area contributed by atoms with E-state index < -0.39 is 0 Å². The number of hydrogen-bond acceptors (Lipinski definition) is 2. The number of amides is 1. The van der Waals surface area contributed by atoms with E-state index in [4.69, 9.17) is 11.6 Å². The molecule has 0 heterocycles. The maximum absolute atomic E-state index is 11.4. The molecule has 0 unspecified atom stereocenters. The molecule has 1 rings (SSSR count). The van der Waals surface area contributed by atoms with Crippen molar-refractivity contribution in [1.29, 1.82) is 0 Å². The molecule has 3 nitrogen and oxygen atoms in total. The third-order valence-electron chi connectivity index (χ3n) is 1.55. The maximum atomic E-state index is 11.4. The summed E-state index contributed by atoms with van der Waals surface area (Å²) < 4.78 is 0. The van der Waals surface area contributed by atoms with Crippen LogP contribution < -0.4 is 5.43 Å². The molecule has 0 atom stereocenters. The fraction of sp³-hybridized carbons (Fsp3) is 0.200. The first-order chi connectivity index (χ1) is 6.74. The van der Waals surface area contributed by atoms with Crippen LogP contribution in [0.25, 0.3) is 0 Å². The van der Waals surface area contributed by atoms with Gasteiger partial charge in [0.1, 0.15) is 0 Å². The molecule has 0 fully saturated rings. The van der Waals surface area contributed by atoms with Gasteiger partial charge in [-0.3, -0.25) is 4.79 Å². The van der Waals surface area contributed by atoms with Crippen molar-refractivity contribution in [3.8, 4) is 0 Å². The second kappa shape index (κ2) is 5.40. The summed E-state index contributed by atoms with van der Waals surface area (Å²) in [6.45, 7) is 1.94. The molecule has 1 aromatic rings. The minimum absolute atomic E-state index is 0.230. The number of rotatable bonds is 3. The Morgan fingerprint density at radius 1 is 1.50 bits per heavy atom. The molecule has 0 aliphatic heterocycles. The van der Waals surface area contributed by atoms with Gasteiger partial charge in [0.2, 0.25) is 0 Å². The van der Waals surface area contributed by atoms with E-state index in [1.54, 1.807) is 30.5 Å². The highest BCUT2D eigenvalue weighted by Gasteiger charge is 2.02. The molecule has 0 aromatic heterocycles. The second-order valence-corrected chi connectivity index (χ2v) is 3.10. The Morgan fingerprint density at radius 3 is 2.71 bits per heavy atom. The van der Waals surface area contributed by atoms with E-state index >= 15 is 0 Å². The fourth-order valence-electron chi connectivity index (χ4n) is 0.861. The van der Waals surface area contributed by atoms with Crippen molar-refractivity contribution in [1.82, 2.24) is 5.43 Å². The smallest absolute Gasteiger partial charge is 0.267 e. The Labute approximate surface area is 87.8 Å². The van der Waals surface area contributed by atoms with Gasteiger partial charge in [-0.05, 0) is 30.7 Å². The summed E-state index contributed by atoms with van der Waals surface area (Å²) in [6, 6.07) is 6.64. The van der Waals surface area contributed by atoms with Crippen molar-refractivity contribution in [2.45, 2.75) is 13.3 Å². The maximum Gasteiger partial charge on any atom is 0.271 e. The van der Waals surface area contributed by atoms with E-state index in [-0.39, 0.29) is 5.91 Å². The first-order valence-electron chi connectivity index (χ1n) is 4.31. The van der Waals surface area contributed by atoms with E-state index in [1.807, 2.05) is 6.92 Å². The highest BCUT2D eigenvalue weighted by molar-refractivity contribution is 6.30. The fourth-order valence-corrected chi connectivity index (χ4v) is 0.987. The Bertz CT molecular complexity index is 332. The van der Waals surface area contributed by atoms with E-state index in [9.17, 15) is 4.79 Å². The summed E-state index contributed by atoms with van der Waals surface area (Å²) in [6.07, 6.45) is 2.43. The number of nitrogens with one attached hydrogen (secondary N) is 1. The van der Waals surface area contributed by atoms with Crippen LogP contribution in [-0.2, 0) is 0 Å². The van der Waals surface area contributed by atoms with Crippen molar-refractivity contribution in [2.24, 2.45) is 5.10 Å². The summed E-state index contributed by atoms with van der Waals surface area (Å²) in [4.78, 5) is 11.4. The van der Waals surface area contributed by atoms with Crippen LogP contribution >= 0.6 is 11.6 Å². The summed E-state index contributed by atoms with van der Waals surface area (Å²) >= 11 is 5.68. The molecule has 1 N–H and O–H groups in total. The number of carbonyl (C=O) groups is 1. The zero-order chi connectivity index (χ0) is 10.4. The van der Waals surface area contributed by atoms with Crippen LogP contribution in [0, 0.1) is 0 Å². The third kappa shape index (κ3) is 3.18. The molecule has 0 saturated heterocycles. The zero-order valence-corrected chi connectivity index (χ0v) is 8.58. The molecule has 0 bridgehead atoms. The standard InChI is InChI=1S/C10H11ClN2O/c1-2-7-12-13-10(14)8-3-5-9(11)6-4-8/h3-7H,2H2,1H3,(H,13,14). The van der Waals surface area contributed by atoms with Crippen LogP contribution in [0.3, 0.4) is 0 Å². The lowest BCUT2D eigenvalue weighted by atomic mass is 10.2. The van der Waals surface area contributed by atoms with Gasteiger partial charge in [0.15, 0.2) is 0 Å². The van der Waals surface area contributed by atoms with Gasteiger partial charge in [0.05, 0.1) is 0 Å². The molecule has 0 spiro atoms. The molecule has 74 valence electrons. The minimum atomic E-state index is -0.230. The van der Waals surface area contributed by atoms with Crippen LogP contribution in [0.5, 0.6) is 0 Å². The molecule has 1 aromatic carbocycles. The molecular formula is C10H11ClN2O. The predicted octanol–water partition coefficient (Wildman–Crippen LogP) is 2.47. The van der Waals surface area contributed by atoms with Crippen LogP contribution in [0.15, 0.2) is 29.4 Å². The summed E-state index contributed by atoms with van der Waals surface area (Å²) in [7, 11) is 0. The van der Waals surface area contributed by atoms with Gasteiger partial charge in [0.25, 0.3) is 5.91 Å². The lowest BCUT2D eigenvalue weighted by Gasteiger charge is -1.98. The number of carbonyl (C=O) groups excluding carboxylic acids is 1. The largest absolute Gasteiger partial charge is 0.271 e. The van der Waals surface area contributed by atoms with Crippen LogP contribution in [0.1, 0.15) is 23.7 Å². The van der Waals surface area contributed by atoms with Gasteiger partial charge < -0.3 is 0 Å². The Balaban J connectivity index is 2.61. The molecule has 1 amide bonds. The molecule has 0 aliphatic carbocycles. The highest BCUT2D eigenvalue weighted by atomic mass is 35.5. The normalized spacial score (nSPS) is 10.4. The van der Waals surface area contributed by atoms with Gasteiger partial charge in [-0.1, -0.05) is 18.5 Å². The van der Waals surface area contributed by atoms with Crippen molar-refractivity contribution in [2.75, 3.05) is 0 Å². The monoisotopic (exact) mass is 210 g/mol. The molecule has 4 heteroatoms. The van der Waals surface area contributed by atoms with Crippen molar-refractivity contribution in [3.05, 3.63) is 34.9 Å². The van der Waals surface area contributed by atoms with E-state index in [1.165, 1.54) is 0 Å². The van der Waals surface area contributed by atoms with E-state index in [2.05, 4.69) is 10.5 Å². The Kier molecular flexibility index (Phi) is 4.13. The average Bonchev–Trinajstić information content (AvgIpc) is 2.19. The SMILES string of the molecule is CCC=NNC(=O)c1ccc(Cl)cc1. The zero-order valence-electron chi connectivity index (χ0n) is 7.83. The topological polar surface area (TPSA) is 41.5 Å². The second-order valence-electron chi connectivity index (χ2n) is 2.67. The number of halogens is 1. The van der Waals surface area contributed by atoms with Crippen LogP contribution in [-0.4, -0.2) is 12.1 Å². The van der Waals surface area contributed by atoms with Gasteiger partial charge >= 0.3 is 0 Å². The van der Waals surface area contributed by atoms with Gasteiger partial charge in [-0.25, -0.2) is 5.43 Å². The molecule has 0 aliphatic rings. The van der Waals surface area contributed by atoms with Gasteiger partial charge in [-0.15, -0.1) is 0 Å². The summed E-state index contributed by atoms with van der Waals surface area (Å²) in [5.74, 6) is -0.230. The summed E-state index contributed by atoms with van der Waals surface area (Å²) in [5, 5.41) is 4.34. The quantitative estimate of drug-likeness (QED) is 0.604. The Hall–Kier alpha value is -1.35. The van der Waals surface area contributed by atoms with Gasteiger partial charge in [-0.2, -0.15) is 5.10 Å². The van der Waals surface area contributed by atoms with Crippen LogP contribution in [0.4, 0.5) is 0 Å². The molecular weight excluding hydrogens is 200 g/mol. The van der Waals surface area contributed by atoms with E-state index in [0.29, 0.717) is 10.6 Å². The van der Waals surface area contributed by atoms with E-state index in [0.717, 1.165) is 6.42 Å². The first kappa shape index (κ1) is 10.7. The molecule has 0 radical (unpaired) electrons. The predicted molar refractivity (Wildman–Crippen MR) is 57.7 cm³/mol. The van der Waals surface area contributed by atoms with Gasteiger partial charge in [0, 0.05) is 16.8 Å². The third-order valence-corrected chi connectivity index (χ3v) is 1.80. The van der Waals surface area contributed by atoms with Crippen molar-refractivity contribution < 1.29 is 4.79 Å². The minimum Gasteiger partial charge on any atom is -0.267 e. The number of benzene rings is 1. The molecule has 14 heavy (non-hydrogen) atoms. The number of nitrogens with zero attached hydrogens (tertiary/aromatic N) is 1. The summed E-state index contributed by atoms with van der Waals surface area (Å²) in [5.41, 5.74) is 2.95. The number of hydrazone groups is 1. The van der Waals surface area contributed by atoms with Crippen molar-refractivity contribution in [3.63, 3.8) is 0 Å². The molecule has 0 saturated carbocycles. The van der Waals surface area contributed by atoms with Crippen molar-refractivity contribution >= 4 is 23.7 Å². The lowest BCUT2D eigenvalue weighted by molar-refractivity contribution is 0.0955. The first-order valence-corrected chi connectivity index (χ1v) is 4.69.